The number of primary amides is 1. The third-order valence-electron chi connectivity index (χ3n) is 3.79. The molecule has 0 radical (unpaired) electrons. The normalized spacial score (nSPS) is 11.6. The lowest BCUT2D eigenvalue weighted by Crippen LogP contribution is -2.11. The van der Waals surface area contributed by atoms with Gasteiger partial charge in [-0.25, -0.2) is 9.18 Å². The van der Waals surface area contributed by atoms with Gasteiger partial charge in [0.25, 0.3) is 5.91 Å². The lowest BCUT2D eigenvalue weighted by Gasteiger charge is -2.06. The molecular weight excluding hydrogens is 402 g/mol. The minimum Gasteiger partial charge on any atom is -0.478 e. The molecule has 2 heterocycles. The number of amides is 1. The number of aromatic carboxylic acids is 1. The molecule has 0 saturated heterocycles. The SMILES string of the molecule is NC(=O)c1ccc(-c2cn(Cc3cccc(C(=O)O)c3F)nc2C(F)(F)F)s1. The molecule has 3 N–H and O–H groups in total. The first-order valence-corrected chi connectivity index (χ1v) is 8.45. The van der Waals surface area contributed by atoms with Gasteiger partial charge in [-0.2, -0.15) is 18.3 Å². The first kappa shape index (κ1) is 19.5. The summed E-state index contributed by atoms with van der Waals surface area (Å²) in [6.07, 6.45) is -3.73. The van der Waals surface area contributed by atoms with Crippen LogP contribution >= 0.6 is 11.3 Å². The summed E-state index contributed by atoms with van der Waals surface area (Å²) in [6, 6.07) is 6.21. The third kappa shape index (κ3) is 3.74. The van der Waals surface area contributed by atoms with Crippen LogP contribution in [0.2, 0.25) is 0 Å². The smallest absolute Gasteiger partial charge is 0.435 e. The molecule has 0 unspecified atom stereocenters. The number of hydrogen-bond acceptors (Lipinski definition) is 4. The Morgan fingerprint density at radius 3 is 2.50 bits per heavy atom. The van der Waals surface area contributed by atoms with Crippen molar-refractivity contribution in [1.29, 1.82) is 0 Å². The number of nitrogens with two attached hydrogens (primary N) is 1. The van der Waals surface area contributed by atoms with Crippen molar-refractivity contribution in [1.82, 2.24) is 9.78 Å². The molecule has 1 aromatic carbocycles. The number of rotatable bonds is 5. The van der Waals surface area contributed by atoms with Crippen LogP contribution in [0.15, 0.2) is 36.5 Å². The predicted octanol–water partition coefficient (Wildman–Crippen LogP) is 3.61. The van der Waals surface area contributed by atoms with E-state index >= 15 is 0 Å². The van der Waals surface area contributed by atoms with Gasteiger partial charge in [-0.3, -0.25) is 9.48 Å². The highest BCUT2D eigenvalue weighted by molar-refractivity contribution is 7.17. The van der Waals surface area contributed by atoms with Crippen molar-refractivity contribution in [3.63, 3.8) is 0 Å². The standard InChI is InChI=1S/C17H11F4N3O3S/c18-13-8(2-1-3-9(13)16(26)27)6-24-7-10(14(23-24)17(19,20)21)11-4-5-12(28-11)15(22)25/h1-5,7H,6H2,(H2,22,25)(H,26,27). The fourth-order valence-corrected chi connectivity index (χ4v) is 3.42. The number of thiophene rings is 1. The van der Waals surface area contributed by atoms with Crippen LogP contribution in [0.25, 0.3) is 10.4 Å². The molecule has 0 bridgehead atoms. The zero-order valence-corrected chi connectivity index (χ0v) is 14.6. The van der Waals surface area contributed by atoms with Crippen LogP contribution in [0.3, 0.4) is 0 Å². The van der Waals surface area contributed by atoms with Crippen molar-refractivity contribution in [3.8, 4) is 10.4 Å². The number of nitrogens with zero attached hydrogens (tertiary/aromatic N) is 2. The quantitative estimate of drug-likeness (QED) is 0.625. The molecule has 146 valence electrons. The maximum atomic E-state index is 14.3. The second-order valence-corrected chi connectivity index (χ2v) is 6.78. The molecule has 3 aromatic rings. The van der Waals surface area contributed by atoms with Crippen LogP contribution in [0, 0.1) is 5.82 Å². The third-order valence-corrected chi connectivity index (χ3v) is 4.92. The lowest BCUT2D eigenvalue weighted by molar-refractivity contribution is -0.141. The summed E-state index contributed by atoms with van der Waals surface area (Å²) in [5.74, 6) is -3.31. The van der Waals surface area contributed by atoms with E-state index < -0.39 is 41.7 Å². The molecule has 6 nitrogen and oxygen atoms in total. The van der Waals surface area contributed by atoms with E-state index in [0.717, 1.165) is 28.3 Å². The van der Waals surface area contributed by atoms with Gasteiger partial charge in [-0.05, 0) is 18.2 Å². The van der Waals surface area contributed by atoms with E-state index in [0.29, 0.717) is 0 Å². The van der Waals surface area contributed by atoms with E-state index in [1.165, 1.54) is 24.3 Å². The molecule has 0 atom stereocenters. The number of carboxylic acid groups (broad SMARTS) is 1. The molecule has 2 aromatic heterocycles. The molecule has 0 aliphatic rings. The highest BCUT2D eigenvalue weighted by Crippen LogP contribution is 2.38. The van der Waals surface area contributed by atoms with Crippen LogP contribution in [-0.2, 0) is 12.7 Å². The Morgan fingerprint density at radius 1 is 1.21 bits per heavy atom. The zero-order valence-electron chi connectivity index (χ0n) is 13.8. The van der Waals surface area contributed by atoms with Crippen molar-refractivity contribution >= 4 is 23.2 Å². The van der Waals surface area contributed by atoms with Crippen molar-refractivity contribution in [2.75, 3.05) is 0 Å². The monoisotopic (exact) mass is 413 g/mol. The molecule has 1 amide bonds. The van der Waals surface area contributed by atoms with Crippen LogP contribution in [0.4, 0.5) is 17.6 Å². The van der Waals surface area contributed by atoms with Crippen molar-refractivity contribution in [2.45, 2.75) is 12.7 Å². The zero-order chi connectivity index (χ0) is 20.6. The second kappa shape index (κ2) is 7.08. The Hall–Kier alpha value is -3.21. The minimum absolute atomic E-state index is 0.0797. The van der Waals surface area contributed by atoms with Crippen molar-refractivity contribution < 1.29 is 32.3 Å². The first-order chi connectivity index (χ1) is 13.1. The van der Waals surface area contributed by atoms with Crippen molar-refractivity contribution in [3.05, 3.63) is 64.0 Å². The second-order valence-electron chi connectivity index (χ2n) is 5.70. The molecule has 0 saturated carbocycles. The highest BCUT2D eigenvalue weighted by Gasteiger charge is 2.38. The average molecular weight is 413 g/mol. The van der Waals surface area contributed by atoms with Crippen molar-refractivity contribution in [2.24, 2.45) is 5.73 Å². The number of benzene rings is 1. The van der Waals surface area contributed by atoms with Crippen LogP contribution in [0.5, 0.6) is 0 Å². The Labute approximate surface area is 158 Å². The van der Waals surface area contributed by atoms with Gasteiger partial charge in [0.15, 0.2) is 5.69 Å². The predicted molar refractivity (Wildman–Crippen MR) is 91.5 cm³/mol. The Kier molecular flexibility index (Phi) is 4.94. The topological polar surface area (TPSA) is 98.2 Å². The number of carboxylic acids is 1. The molecule has 3 rings (SSSR count). The highest BCUT2D eigenvalue weighted by atomic mass is 32.1. The van der Waals surface area contributed by atoms with Gasteiger partial charge in [0.2, 0.25) is 0 Å². The summed E-state index contributed by atoms with van der Waals surface area (Å²) < 4.78 is 55.3. The minimum atomic E-state index is -4.79. The van der Waals surface area contributed by atoms with Gasteiger partial charge in [0.05, 0.1) is 17.0 Å². The molecular formula is C17H11F4N3O3S. The average Bonchev–Trinajstić information content (AvgIpc) is 3.22. The Bertz CT molecular complexity index is 1070. The summed E-state index contributed by atoms with van der Waals surface area (Å²) in [6.45, 7) is -0.413. The summed E-state index contributed by atoms with van der Waals surface area (Å²) >= 11 is 0.774. The summed E-state index contributed by atoms with van der Waals surface area (Å²) in [7, 11) is 0. The molecule has 28 heavy (non-hydrogen) atoms. The van der Waals surface area contributed by atoms with Gasteiger partial charge in [-0.1, -0.05) is 12.1 Å². The maximum absolute atomic E-state index is 14.3. The van der Waals surface area contributed by atoms with E-state index in [1.807, 2.05) is 0 Å². The van der Waals surface area contributed by atoms with Gasteiger partial charge in [0.1, 0.15) is 5.82 Å². The van der Waals surface area contributed by atoms with Crippen LogP contribution in [-0.4, -0.2) is 26.8 Å². The largest absolute Gasteiger partial charge is 0.478 e. The van der Waals surface area contributed by atoms with Crippen LogP contribution < -0.4 is 5.73 Å². The molecule has 0 aliphatic carbocycles. The summed E-state index contributed by atoms with van der Waals surface area (Å²) in [5.41, 5.74) is 2.91. The number of hydrogen-bond donors (Lipinski definition) is 2. The lowest BCUT2D eigenvalue weighted by atomic mass is 10.1. The molecule has 0 aliphatic heterocycles. The van der Waals surface area contributed by atoms with E-state index in [9.17, 15) is 27.2 Å². The number of halogens is 4. The fourth-order valence-electron chi connectivity index (χ4n) is 2.55. The summed E-state index contributed by atoms with van der Waals surface area (Å²) in [5, 5.41) is 12.5. The number of alkyl halides is 3. The van der Waals surface area contributed by atoms with Gasteiger partial charge >= 0.3 is 12.1 Å². The fraction of sp³-hybridized carbons (Fsp3) is 0.118. The number of carbonyl (C=O) groups is 2. The number of aromatic nitrogens is 2. The van der Waals surface area contributed by atoms with Gasteiger partial charge < -0.3 is 10.8 Å². The van der Waals surface area contributed by atoms with Gasteiger partial charge in [-0.15, -0.1) is 11.3 Å². The number of carbonyl (C=O) groups excluding carboxylic acids is 1. The molecule has 11 heteroatoms. The Morgan fingerprint density at radius 2 is 1.93 bits per heavy atom. The molecule has 0 fully saturated rings. The summed E-state index contributed by atoms with van der Waals surface area (Å²) in [4.78, 5) is 22.4. The maximum Gasteiger partial charge on any atom is 0.435 e. The molecule has 0 spiro atoms. The van der Waals surface area contributed by atoms with Crippen LogP contribution in [0.1, 0.15) is 31.3 Å². The van der Waals surface area contributed by atoms with Gasteiger partial charge in [0, 0.05) is 22.2 Å². The first-order valence-electron chi connectivity index (χ1n) is 7.63. The van der Waals surface area contributed by atoms with E-state index in [1.54, 1.807) is 0 Å². The van der Waals surface area contributed by atoms with E-state index in [-0.39, 0.29) is 20.9 Å². The Balaban J connectivity index is 2.04. The van der Waals surface area contributed by atoms with E-state index in [2.05, 4.69) is 5.10 Å². The van der Waals surface area contributed by atoms with E-state index in [4.69, 9.17) is 10.8 Å².